The van der Waals surface area contributed by atoms with Gasteiger partial charge < -0.3 is 20.2 Å². The molecule has 0 radical (unpaired) electrons. The largest absolute Gasteiger partial charge is 0.508 e. The van der Waals surface area contributed by atoms with Crippen LogP contribution in [0.25, 0.3) is 0 Å². The highest BCUT2D eigenvalue weighted by Gasteiger charge is 2.32. The second-order valence-electron chi connectivity index (χ2n) is 6.26. The minimum Gasteiger partial charge on any atom is -0.508 e. The predicted molar refractivity (Wildman–Crippen MR) is 82.4 cm³/mol. The SMILES string of the molecule is CC(C)N1CCC(N2Cc3cc(O)ccc3NC2=O)CC1. The first-order valence-corrected chi connectivity index (χ1v) is 7.68. The molecule has 5 heteroatoms. The summed E-state index contributed by atoms with van der Waals surface area (Å²) >= 11 is 0. The molecule has 0 spiro atoms. The normalized spacial score (nSPS) is 20.5. The van der Waals surface area contributed by atoms with E-state index in [1.807, 2.05) is 4.90 Å². The van der Waals surface area contributed by atoms with Gasteiger partial charge in [-0.05, 0) is 50.5 Å². The van der Waals surface area contributed by atoms with Crippen LogP contribution < -0.4 is 5.32 Å². The van der Waals surface area contributed by atoms with E-state index in [2.05, 4.69) is 24.1 Å². The van der Waals surface area contributed by atoms with Crippen molar-refractivity contribution in [3.8, 4) is 5.75 Å². The number of nitrogens with zero attached hydrogens (tertiary/aromatic N) is 2. The number of benzene rings is 1. The molecule has 2 N–H and O–H groups in total. The van der Waals surface area contributed by atoms with Gasteiger partial charge in [-0.15, -0.1) is 0 Å². The number of likely N-dealkylation sites (tertiary alicyclic amines) is 1. The summed E-state index contributed by atoms with van der Waals surface area (Å²) in [6, 6.07) is 5.95. The monoisotopic (exact) mass is 289 g/mol. The molecule has 0 bridgehead atoms. The lowest BCUT2D eigenvalue weighted by Crippen LogP contribution is -2.51. The van der Waals surface area contributed by atoms with Gasteiger partial charge in [-0.2, -0.15) is 0 Å². The first kappa shape index (κ1) is 14.2. The quantitative estimate of drug-likeness (QED) is 0.823. The number of phenols is 1. The lowest BCUT2D eigenvalue weighted by Gasteiger charge is -2.41. The maximum atomic E-state index is 12.3. The lowest BCUT2D eigenvalue weighted by molar-refractivity contribution is 0.105. The van der Waals surface area contributed by atoms with Crippen molar-refractivity contribution in [3.05, 3.63) is 23.8 Å². The van der Waals surface area contributed by atoms with Crippen LogP contribution in [0.2, 0.25) is 0 Å². The molecular weight excluding hydrogens is 266 g/mol. The Labute approximate surface area is 125 Å². The van der Waals surface area contributed by atoms with E-state index in [-0.39, 0.29) is 17.8 Å². The molecule has 0 aromatic heterocycles. The number of carbonyl (C=O) groups is 1. The van der Waals surface area contributed by atoms with Crippen molar-refractivity contribution in [3.63, 3.8) is 0 Å². The first-order valence-electron chi connectivity index (χ1n) is 7.68. The number of aromatic hydroxyl groups is 1. The van der Waals surface area contributed by atoms with E-state index < -0.39 is 0 Å². The fraction of sp³-hybridized carbons (Fsp3) is 0.562. The van der Waals surface area contributed by atoms with Crippen LogP contribution in [0.15, 0.2) is 18.2 Å². The van der Waals surface area contributed by atoms with Gasteiger partial charge in [-0.3, -0.25) is 0 Å². The maximum absolute atomic E-state index is 12.3. The number of rotatable bonds is 2. The van der Waals surface area contributed by atoms with E-state index >= 15 is 0 Å². The van der Waals surface area contributed by atoms with E-state index in [4.69, 9.17) is 0 Å². The Kier molecular flexibility index (Phi) is 3.76. The Morgan fingerprint density at radius 3 is 2.67 bits per heavy atom. The Balaban J connectivity index is 1.71. The molecule has 2 aliphatic heterocycles. The van der Waals surface area contributed by atoms with Crippen LogP contribution in [0, 0.1) is 0 Å². The van der Waals surface area contributed by atoms with Crippen LogP contribution in [0.4, 0.5) is 10.5 Å². The third-order valence-electron chi connectivity index (χ3n) is 4.60. The van der Waals surface area contributed by atoms with Gasteiger partial charge in [0.05, 0.1) is 0 Å². The average Bonchev–Trinajstić information content (AvgIpc) is 2.47. The molecule has 21 heavy (non-hydrogen) atoms. The minimum absolute atomic E-state index is 0.0174. The summed E-state index contributed by atoms with van der Waals surface area (Å²) in [7, 11) is 0. The van der Waals surface area contributed by atoms with Gasteiger partial charge in [-0.1, -0.05) is 0 Å². The van der Waals surface area contributed by atoms with Crippen LogP contribution in [-0.2, 0) is 6.54 Å². The van der Waals surface area contributed by atoms with E-state index in [1.54, 1.807) is 18.2 Å². The number of amides is 2. The topological polar surface area (TPSA) is 55.8 Å². The first-order chi connectivity index (χ1) is 10.0. The van der Waals surface area contributed by atoms with Gasteiger partial charge in [-0.25, -0.2) is 4.79 Å². The van der Waals surface area contributed by atoms with Crippen molar-refractivity contribution in [2.24, 2.45) is 0 Å². The molecule has 2 heterocycles. The number of fused-ring (bicyclic) bond motifs is 1. The summed E-state index contributed by atoms with van der Waals surface area (Å²) in [6.07, 6.45) is 2.03. The van der Waals surface area contributed by atoms with Gasteiger partial charge in [0.25, 0.3) is 0 Å². The molecule has 5 nitrogen and oxygen atoms in total. The number of carbonyl (C=O) groups excluding carboxylic acids is 1. The molecule has 1 aromatic carbocycles. The molecule has 0 atom stereocenters. The number of urea groups is 1. The van der Waals surface area contributed by atoms with Crippen LogP contribution in [0.5, 0.6) is 5.75 Å². The highest BCUT2D eigenvalue weighted by Crippen LogP contribution is 2.30. The van der Waals surface area contributed by atoms with E-state index in [0.29, 0.717) is 12.6 Å². The summed E-state index contributed by atoms with van der Waals surface area (Å²) in [5.74, 6) is 0.250. The lowest BCUT2D eigenvalue weighted by atomic mass is 10.00. The van der Waals surface area contributed by atoms with E-state index in [1.165, 1.54) is 0 Å². The van der Waals surface area contributed by atoms with Crippen LogP contribution in [-0.4, -0.2) is 46.1 Å². The molecule has 114 valence electrons. The van der Waals surface area contributed by atoms with Gasteiger partial charge in [0.2, 0.25) is 0 Å². The Bertz CT molecular complexity index is 536. The summed E-state index contributed by atoms with van der Waals surface area (Å²) in [5, 5.41) is 12.5. The van der Waals surface area contributed by atoms with Crippen molar-refractivity contribution in [2.75, 3.05) is 18.4 Å². The molecule has 1 aromatic rings. The standard InChI is InChI=1S/C16H23N3O2/c1-11(2)18-7-5-13(6-8-18)19-10-12-9-14(20)3-4-15(12)17-16(19)21/h3-4,9,11,13,20H,5-8,10H2,1-2H3,(H,17,21). The maximum Gasteiger partial charge on any atom is 0.322 e. The molecule has 0 saturated carbocycles. The highest BCUT2D eigenvalue weighted by molar-refractivity contribution is 5.92. The Morgan fingerprint density at radius 2 is 2.00 bits per heavy atom. The Morgan fingerprint density at radius 1 is 1.29 bits per heavy atom. The van der Waals surface area contributed by atoms with Gasteiger partial charge in [0.1, 0.15) is 5.75 Å². The van der Waals surface area contributed by atoms with E-state index in [9.17, 15) is 9.90 Å². The molecule has 1 fully saturated rings. The molecule has 3 rings (SSSR count). The summed E-state index contributed by atoms with van der Waals surface area (Å²) < 4.78 is 0. The Hall–Kier alpha value is -1.75. The van der Waals surface area contributed by atoms with Crippen molar-refractivity contribution in [2.45, 2.75) is 45.3 Å². The van der Waals surface area contributed by atoms with Gasteiger partial charge in [0, 0.05) is 37.4 Å². The second-order valence-corrected chi connectivity index (χ2v) is 6.26. The number of phenolic OH excluding ortho intramolecular Hbond substituents is 1. The number of hydrogen-bond donors (Lipinski definition) is 2. The smallest absolute Gasteiger partial charge is 0.322 e. The number of piperidine rings is 1. The summed E-state index contributed by atoms with van der Waals surface area (Å²) in [5.41, 5.74) is 1.80. The van der Waals surface area contributed by atoms with Crippen LogP contribution >= 0.6 is 0 Å². The fourth-order valence-electron chi connectivity index (χ4n) is 3.28. The zero-order valence-electron chi connectivity index (χ0n) is 12.7. The van der Waals surface area contributed by atoms with Crippen molar-refractivity contribution in [1.29, 1.82) is 0 Å². The number of anilines is 1. The van der Waals surface area contributed by atoms with Gasteiger partial charge >= 0.3 is 6.03 Å². The van der Waals surface area contributed by atoms with Crippen LogP contribution in [0.3, 0.4) is 0 Å². The third kappa shape index (κ3) is 2.83. The summed E-state index contributed by atoms with van der Waals surface area (Å²) in [6.45, 7) is 7.10. The third-order valence-corrected chi connectivity index (χ3v) is 4.60. The zero-order chi connectivity index (χ0) is 15.0. The van der Waals surface area contributed by atoms with E-state index in [0.717, 1.165) is 37.2 Å². The molecule has 0 unspecified atom stereocenters. The van der Waals surface area contributed by atoms with Crippen molar-refractivity contribution < 1.29 is 9.90 Å². The second kappa shape index (κ2) is 5.56. The van der Waals surface area contributed by atoms with Gasteiger partial charge in [0.15, 0.2) is 0 Å². The molecule has 0 aliphatic carbocycles. The molecule has 2 amide bonds. The molecule has 2 aliphatic rings. The molecular formula is C16H23N3O2. The fourth-order valence-corrected chi connectivity index (χ4v) is 3.28. The average molecular weight is 289 g/mol. The minimum atomic E-state index is -0.0174. The van der Waals surface area contributed by atoms with Crippen molar-refractivity contribution >= 4 is 11.7 Å². The molecule has 1 saturated heterocycles. The predicted octanol–water partition coefficient (Wildman–Crippen LogP) is 2.61. The number of nitrogens with one attached hydrogen (secondary N) is 1. The number of hydrogen-bond acceptors (Lipinski definition) is 3. The summed E-state index contributed by atoms with van der Waals surface area (Å²) in [4.78, 5) is 16.7. The van der Waals surface area contributed by atoms with Crippen LogP contribution in [0.1, 0.15) is 32.3 Å². The zero-order valence-corrected chi connectivity index (χ0v) is 12.7. The van der Waals surface area contributed by atoms with Crippen molar-refractivity contribution in [1.82, 2.24) is 9.80 Å². The highest BCUT2D eigenvalue weighted by atomic mass is 16.3.